The van der Waals surface area contributed by atoms with Gasteiger partial charge in [0.15, 0.2) is 0 Å². The van der Waals surface area contributed by atoms with Crippen molar-refractivity contribution < 1.29 is 13.2 Å². The highest BCUT2D eigenvalue weighted by Gasteiger charge is 2.19. The van der Waals surface area contributed by atoms with Crippen molar-refractivity contribution in [2.45, 2.75) is 13.0 Å². The molecule has 2 N–H and O–H groups in total. The molecule has 0 radical (unpaired) electrons. The third-order valence-electron chi connectivity index (χ3n) is 4.35. The Kier molecular flexibility index (Phi) is 6.25. The van der Waals surface area contributed by atoms with E-state index in [0.717, 1.165) is 22.9 Å². The van der Waals surface area contributed by atoms with Gasteiger partial charge < -0.3 is 5.32 Å². The lowest BCUT2D eigenvalue weighted by molar-refractivity contribution is 0.0943. The Hall–Kier alpha value is -2.83. The third-order valence-corrected chi connectivity index (χ3v) is 5.25. The lowest BCUT2D eigenvalue weighted by atomic mass is 9.97. The Morgan fingerprint density at radius 1 is 0.931 bits per heavy atom. The molecule has 0 aromatic heterocycles. The predicted molar refractivity (Wildman–Crippen MR) is 117 cm³/mol. The number of amides is 1. The maximum atomic E-state index is 12.9. The summed E-state index contributed by atoms with van der Waals surface area (Å²) in [4.78, 5) is 12.9. The SMILES string of the molecule is Cc1ccc([C@H](NC(=O)c2ccc(NS(C)(=O)=O)c(Cl)c2)c2ccccc2)cc1. The summed E-state index contributed by atoms with van der Waals surface area (Å²) >= 11 is 6.16. The summed E-state index contributed by atoms with van der Waals surface area (Å²) in [6.07, 6.45) is 1.04. The van der Waals surface area contributed by atoms with Gasteiger partial charge in [-0.3, -0.25) is 9.52 Å². The molecule has 0 fully saturated rings. The van der Waals surface area contributed by atoms with Crippen LogP contribution in [-0.2, 0) is 10.0 Å². The fraction of sp³-hybridized carbons (Fsp3) is 0.136. The van der Waals surface area contributed by atoms with Gasteiger partial charge in [0.2, 0.25) is 10.0 Å². The fourth-order valence-electron chi connectivity index (χ4n) is 2.92. The molecule has 1 amide bonds. The van der Waals surface area contributed by atoms with Gasteiger partial charge in [-0.2, -0.15) is 0 Å². The van der Waals surface area contributed by atoms with Crippen molar-refractivity contribution in [2.75, 3.05) is 11.0 Å². The summed E-state index contributed by atoms with van der Waals surface area (Å²) in [5.74, 6) is -0.313. The smallest absolute Gasteiger partial charge is 0.252 e. The average molecular weight is 429 g/mol. The zero-order valence-electron chi connectivity index (χ0n) is 16.0. The molecule has 150 valence electrons. The molecule has 0 aliphatic carbocycles. The van der Waals surface area contributed by atoms with Crippen LogP contribution in [0.5, 0.6) is 0 Å². The highest BCUT2D eigenvalue weighted by atomic mass is 35.5. The number of hydrogen-bond acceptors (Lipinski definition) is 3. The molecule has 1 atom stereocenters. The summed E-state index contributed by atoms with van der Waals surface area (Å²) in [7, 11) is -3.46. The summed E-state index contributed by atoms with van der Waals surface area (Å²) in [6, 6.07) is 21.8. The van der Waals surface area contributed by atoms with Crippen LogP contribution in [0.1, 0.15) is 33.1 Å². The molecule has 3 aromatic carbocycles. The Bertz CT molecular complexity index is 1110. The van der Waals surface area contributed by atoms with E-state index in [9.17, 15) is 13.2 Å². The molecule has 5 nitrogen and oxygen atoms in total. The minimum absolute atomic E-state index is 0.148. The van der Waals surface area contributed by atoms with Crippen LogP contribution in [0.4, 0.5) is 5.69 Å². The number of aryl methyl sites for hydroxylation is 1. The molecule has 0 unspecified atom stereocenters. The van der Waals surface area contributed by atoms with Crippen LogP contribution in [0.15, 0.2) is 72.8 Å². The van der Waals surface area contributed by atoms with Crippen LogP contribution < -0.4 is 10.0 Å². The molecule has 0 saturated carbocycles. The number of sulfonamides is 1. The van der Waals surface area contributed by atoms with Crippen molar-refractivity contribution in [2.24, 2.45) is 0 Å². The monoisotopic (exact) mass is 428 g/mol. The number of benzene rings is 3. The number of carbonyl (C=O) groups excluding carboxylic acids is 1. The standard InChI is InChI=1S/C22H21ClN2O3S/c1-15-8-10-17(11-9-15)21(16-6-4-3-5-7-16)24-22(26)18-12-13-20(19(23)14-18)25-29(2,27)28/h3-14,21,25H,1-2H3,(H,24,26)/t21-/m1/s1. The van der Waals surface area contributed by atoms with E-state index < -0.39 is 10.0 Å². The molecule has 3 rings (SSSR count). The normalized spacial score (nSPS) is 12.2. The molecule has 0 aliphatic rings. The molecule has 0 saturated heterocycles. The Morgan fingerprint density at radius 2 is 1.55 bits per heavy atom. The zero-order valence-corrected chi connectivity index (χ0v) is 17.6. The third kappa shape index (κ3) is 5.59. The van der Waals surface area contributed by atoms with Crippen molar-refractivity contribution in [3.8, 4) is 0 Å². The first-order chi connectivity index (χ1) is 13.7. The van der Waals surface area contributed by atoms with Crippen molar-refractivity contribution in [3.05, 3.63) is 100 Å². The lowest BCUT2D eigenvalue weighted by Gasteiger charge is -2.20. The Morgan fingerprint density at radius 3 is 2.14 bits per heavy atom. The molecule has 0 bridgehead atoms. The van der Waals surface area contributed by atoms with Gasteiger partial charge in [-0.1, -0.05) is 71.8 Å². The van der Waals surface area contributed by atoms with Crippen LogP contribution in [0.3, 0.4) is 0 Å². The van der Waals surface area contributed by atoms with Gasteiger partial charge in [0, 0.05) is 5.56 Å². The van der Waals surface area contributed by atoms with Gasteiger partial charge in [-0.25, -0.2) is 8.42 Å². The van der Waals surface area contributed by atoms with E-state index in [0.29, 0.717) is 5.56 Å². The molecular weight excluding hydrogens is 408 g/mol. The zero-order chi connectivity index (χ0) is 21.0. The second kappa shape index (κ2) is 8.68. The van der Waals surface area contributed by atoms with Crippen LogP contribution in [0.25, 0.3) is 0 Å². The van der Waals surface area contributed by atoms with Gasteiger partial charge in [-0.05, 0) is 36.2 Å². The van der Waals surface area contributed by atoms with E-state index in [-0.39, 0.29) is 22.7 Å². The maximum absolute atomic E-state index is 12.9. The largest absolute Gasteiger partial charge is 0.341 e. The number of hydrogen-bond donors (Lipinski definition) is 2. The molecule has 3 aromatic rings. The molecular formula is C22H21ClN2O3S. The second-order valence-corrected chi connectivity index (χ2v) is 8.95. The van der Waals surface area contributed by atoms with Gasteiger partial charge in [0.25, 0.3) is 5.91 Å². The first-order valence-electron chi connectivity index (χ1n) is 8.92. The second-order valence-electron chi connectivity index (χ2n) is 6.80. The highest BCUT2D eigenvalue weighted by molar-refractivity contribution is 7.92. The lowest BCUT2D eigenvalue weighted by Crippen LogP contribution is -2.29. The highest BCUT2D eigenvalue weighted by Crippen LogP contribution is 2.26. The quantitative estimate of drug-likeness (QED) is 0.605. The fourth-order valence-corrected chi connectivity index (χ4v) is 3.78. The van der Waals surface area contributed by atoms with Crippen LogP contribution >= 0.6 is 11.6 Å². The molecule has 0 spiro atoms. The van der Waals surface area contributed by atoms with E-state index in [4.69, 9.17) is 11.6 Å². The van der Waals surface area contributed by atoms with Gasteiger partial charge >= 0.3 is 0 Å². The summed E-state index contributed by atoms with van der Waals surface area (Å²) in [5, 5.41) is 3.19. The number of halogens is 1. The number of rotatable bonds is 6. The Labute approximate surface area is 175 Å². The first-order valence-corrected chi connectivity index (χ1v) is 11.2. The predicted octanol–water partition coefficient (Wildman–Crippen LogP) is 4.54. The van der Waals surface area contributed by atoms with Crippen LogP contribution in [-0.4, -0.2) is 20.6 Å². The topological polar surface area (TPSA) is 75.3 Å². The van der Waals surface area contributed by atoms with Crippen molar-refractivity contribution >= 4 is 33.2 Å². The van der Waals surface area contributed by atoms with E-state index in [1.807, 2.05) is 61.5 Å². The van der Waals surface area contributed by atoms with Crippen molar-refractivity contribution in [3.63, 3.8) is 0 Å². The van der Waals surface area contributed by atoms with Crippen LogP contribution in [0, 0.1) is 6.92 Å². The Balaban J connectivity index is 1.89. The van der Waals surface area contributed by atoms with Crippen molar-refractivity contribution in [1.29, 1.82) is 0 Å². The van der Waals surface area contributed by atoms with E-state index >= 15 is 0 Å². The number of carbonyl (C=O) groups is 1. The van der Waals surface area contributed by atoms with Gasteiger partial charge in [0.05, 0.1) is 23.0 Å². The summed E-state index contributed by atoms with van der Waals surface area (Å²) in [5.41, 5.74) is 3.60. The van der Waals surface area contributed by atoms with Crippen molar-refractivity contribution in [1.82, 2.24) is 5.32 Å². The van der Waals surface area contributed by atoms with Gasteiger partial charge in [0.1, 0.15) is 0 Å². The number of anilines is 1. The van der Waals surface area contributed by atoms with Gasteiger partial charge in [-0.15, -0.1) is 0 Å². The minimum Gasteiger partial charge on any atom is -0.341 e. The summed E-state index contributed by atoms with van der Waals surface area (Å²) in [6.45, 7) is 2.01. The first kappa shape index (κ1) is 20.9. The minimum atomic E-state index is -3.46. The number of nitrogens with one attached hydrogen (secondary N) is 2. The van der Waals surface area contributed by atoms with E-state index in [1.54, 1.807) is 0 Å². The maximum Gasteiger partial charge on any atom is 0.252 e. The molecule has 0 aliphatic heterocycles. The molecule has 7 heteroatoms. The molecule has 0 heterocycles. The average Bonchev–Trinajstić information content (AvgIpc) is 2.68. The molecule has 29 heavy (non-hydrogen) atoms. The van der Waals surface area contributed by atoms with E-state index in [1.165, 1.54) is 18.2 Å². The summed E-state index contributed by atoms with van der Waals surface area (Å²) < 4.78 is 25.1. The van der Waals surface area contributed by atoms with Crippen LogP contribution in [0.2, 0.25) is 5.02 Å². The van der Waals surface area contributed by atoms with E-state index in [2.05, 4.69) is 10.0 Å².